The van der Waals surface area contributed by atoms with E-state index >= 15 is 0 Å². The van der Waals surface area contributed by atoms with E-state index in [-0.39, 0.29) is 19.4 Å². The third kappa shape index (κ3) is 3.76. The van der Waals surface area contributed by atoms with Crippen LogP contribution in [-0.2, 0) is 20.9 Å². The van der Waals surface area contributed by atoms with Crippen molar-refractivity contribution in [3.63, 3.8) is 0 Å². The number of rotatable bonds is 5. The fourth-order valence-corrected chi connectivity index (χ4v) is 2.56. The highest BCUT2D eigenvalue weighted by Gasteiger charge is 2.43. The molecule has 120 valence electrons. The molecule has 2 rings (SSSR count). The highest BCUT2D eigenvalue weighted by molar-refractivity contribution is 5.78. The van der Waals surface area contributed by atoms with Crippen molar-refractivity contribution in [1.29, 1.82) is 0 Å². The van der Waals surface area contributed by atoms with E-state index in [1.165, 1.54) is 4.90 Å². The Hall–Kier alpha value is -2.08. The molecule has 0 saturated carbocycles. The van der Waals surface area contributed by atoms with Gasteiger partial charge in [-0.2, -0.15) is 0 Å². The smallest absolute Gasteiger partial charge is 0.410 e. The summed E-state index contributed by atoms with van der Waals surface area (Å²) in [6.45, 7) is 2.96. The van der Waals surface area contributed by atoms with Gasteiger partial charge in [0.15, 0.2) is 5.60 Å². The number of hydrogen-bond donors (Lipinski definition) is 1. The van der Waals surface area contributed by atoms with E-state index in [0.29, 0.717) is 19.7 Å². The van der Waals surface area contributed by atoms with Crippen molar-refractivity contribution in [3.8, 4) is 0 Å². The number of ether oxygens (including phenoxy) is 2. The Kier molecular flexibility index (Phi) is 5.38. The van der Waals surface area contributed by atoms with E-state index in [9.17, 15) is 14.7 Å². The summed E-state index contributed by atoms with van der Waals surface area (Å²) in [4.78, 5) is 25.0. The van der Waals surface area contributed by atoms with Gasteiger partial charge in [0.05, 0.1) is 0 Å². The van der Waals surface area contributed by atoms with Crippen LogP contribution in [0.5, 0.6) is 0 Å². The minimum absolute atomic E-state index is 0.214. The third-order valence-corrected chi connectivity index (χ3v) is 3.84. The molecule has 1 aliphatic rings. The van der Waals surface area contributed by atoms with Crippen LogP contribution in [0.2, 0.25) is 0 Å². The largest absolute Gasteiger partial charge is 0.479 e. The number of piperidine rings is 1. The molecule has 1 aromatic rings. The van der Waals surface area contributed by atoms with Crippen molar-refractivity contribution in [1.82, 2.24) is 4.90 Å². The van der Waals surface area contributed by atoms with Crippen LogP contribution in [0.4, 0.5) is 4.79 Å². The number of nitrogens with zero attached hydrogens (tertiary/aromatic N) is 1. The van der Waals surface area contributed by atoms with Gasteiger partial charge in [0, 0.05) is 32.5 Å². The average Bonchev–Trinajstić information content (AvgIpc) is 2.54. The van der Waals surface area contributed by atoms with Crippen LogP contribution in [-0.4, -0.2) is 47.4 Å². The maximum atomic E-state index is 12.0. The number of carbonyl (C=O) groups excluding carboxylic acids is 1. The number of likely N-dealkylation sites (tertiary alicyclic amines) is 1. The molecule has 1 heterocycles. The van der Waals surface area contributed by atoms with E-state index in [1.54, 1.807) is 6.92 Å². The highest BCUT2D eigenvalue weighted by Crippen LogP contribution is 2.27. The first-order chi connectivity index (χ1) is 10.6. The van der Waals surface area contributed by atoms with Crippen LogP contribution in [0, 0.1) is 0 Å². The highest BCUT2D eigenvalue weighted by atomic mass is 16.6. The molecule has 0 bridgehead atoms. The van der Waals surface area contributed by atoms with Gasteiger partial charge in [0.25, 0.3) is 0 Å². The second-order valence-electron chi connectivity index (χ2n) is 5.26. The van der Waals surface area contributed by atoms with Crippen molar-refractivity contribution < 1.29 is 24.2 Å². The molecule has 0 aliphatic carbocycles. The van der Waals surface area contributed by atoms with E-state index in [1.807, 2.05) is 30.3 Å². The zero-order valence-corrected chi connectivity index (χ0v) is 12.7. The van der Waals surface area contributed by atoms with Gasteiger partial charge in [-0.1, -0.05) is 30.3 Å². The Morgan fingerprint density at radius 3 is 2.41 bits per heavy atom. The molecule has 0 aromatic heterocycles. The van der Waals surface area contributed by atoms with Gasteiger partial charge in [-0.3, -0.25) is 0 Å². The van der Waals surface area contributed by atoms with Crippen molar-refractivity contribution in [2.75, 3.05) is 19.7 Å². The third-order valence-electron chi connectivity index (χ3n) is 3.84. The Labute approximate surface area is 129 Å². The summed E-state index contributed by atoms with van der Waals surface area (Å²) in [6.07, 6.45) is 0.132. The Morgan fingerprint density at radius 2 is 1.86 bits per heavy atom. The van der Waals surface area contributed by atoms with E-state index in [4.69, 9.17) is 9.47 Å². The van der Waals surface area contributed by atoms with Crippen molar-refractivity contribution in [2.24, 2.45) is 0 Å². The zero-order chi connectivity index (χ0) is 16.0. The molecule has 6 nitrogen and oxygen atoms in total. The number of carboxylic acid groups (broad SMARTS) is 1. The number of hydrogen-bond acceptors (Lipinski definition) is 4. The van der Waals surface area contributed by atoms with Crippen LogP contribution in [0.3, 0.4) is 0 Å². The monoisotopic (exact) mass is 307 g/mol. The van der Waals surface area contributed by atoms with E-state index < -0.39 is 17.7 Å². The lowest BCUT2D eigenvalue weighted by atomic mass is 9.91. The molecule has 0 spiro atoms. The van der Waals surface area contributed by atoms with Crippen LogP contribution >= 0.6 is 0 Å². The van der Waals surface area contributed by atoms with Gasteiger partial charge in [-0.25, -0.2) is 9.59 Å². The fourth-order valence-electron chi connectivity index (χ4n) is 2.56. The second-order valence-corrected chi connectivity index (χ2v) is 5.26. The second kappa shape index (κ2) is 7.26. The molecule has 1 aromatic carbocycles. The summed E-state index contributed by atoms with van der Waals surface area (Å²) >= 11 is 0. The topological polar surface area (TPSA) is 76.1 Å². The molecule has 0 unspecified atom stereocenters. The number of carbonyl (C=O) groups is 2. The molecule has 0 radical (unpaired) electrons. The van der Waals surface area contributed by atoms with Crippen LogP contribution in [0.1, 0.15) is 25.3 Å². The maximum absolute atomic E-state index is 12.0. The standard InChI is InChI=1S/C16H21NO5/c1-2-22-16(14(18)19)8-10-17(11-9-16)15(20)21-12-13-6-4-3-5-7-13/h3-7H,2,8-12H2,1H3,(H,18,19). The molecular formula is C16H21NO5. The number of amides is 1. The van der Waals surface area contributed by atoms with Gasteiger partial charge in [0.1, 0.15) is 6.61 Å². The number of carboxylic acids is 1. The van der Waals surface area contributed by atoms with Crippen molar-refractivity contribution in [2.45, 2.75) is 32.0 Å². The summed E-state index contributed by atoms with van der Waals surface area (Å²) in [7, 11) is 0. The normalized spacial score (nSPS) is 17.0. The quantitative estimate of drug-likeness (QED) is 0.903. The van der Waals surface area contributed by atoms with E-state index in [0.717, 1.165) is 5.56 Å². The summed E-state index contributed by atoms with van der Waals surface area (Å²) in [6, 6.07) is 9.43. The molecule has 1 aliphatic heterocycles. The van der Waals surface area contributed by atoms with Gasteiger partial charge >= 0.3 is 12.1 Å². The van der Waals surface area contributed by atoms with Gasteiger partial charge in [0.2, 0.25) is 0 Å². The minimum Gasteiger partial charge on any atom is -0.479 e. The summed E-state index contributed by atoms with van der Waals surface area (Å²) in [5.41, 5.74) is -0.257. The summed E-state index contributed by atoms with van der Waals surface area (Å²) < 4.78 is 10.7. The lowest BCUT2D eigenvalue weighted by Crippen LogP contribution is -2.52. The molecule has 0 atom stereocenters. The first-order valence-corrected chi connectivity index (χ1v) is 7.40. The lowest BCUT2D eigenvalue weighted by molar-refractivity contribution is -0.171. The summed E-state index contributed by atoms with van der Waals surface area (Å²) in [5, 5.41) is 9.34. The van der Waals surface area contributed by atoms with Crippen LogP contribution in [0.25, 0.3) is 0 Å². The minimum atomic E-state index is -1.18. The predicted molar refractivity (Wildman–Crippen MR) is 79.4 cm³/mol. The summed E-state index contributed by atoms with van der Waals surface area (Å²) in [5.74, 6) is -0.966. The van der Waals surface area contributed by atoms with Crippen molar-refractivity contribution in [3.05, 3.63) is 35.9 Å². The number of benzene rings is 1. The van der Waals surface area contributed by atoms with Gasteiger partial charge in [-0.05, 0) is 12.5 Å². The van der Waals surface area contributed by atoms with Gasteiger partial charge in [-0.15, -0.1) is 0 Å². The zero-order valence-electron chi connectivity index (χ0n) is 12.7. The fraction of sp³-hybridized carbons (Fsp3) is 0.500. The molecule has 1 amide bonds. The maximum Gasteiger partial charge on any atom is 0.410 e. The SMILES string of the molecule is CCOC1(C(=O)O)CCN(C(=O)OCc2ccccc2)CC1. The Bertz CT molecular complexity index is 509. The first-order valence-electron chi connectivity index (χ1n) is 7.40. The molecule has 1 saturated heterocycles. The van der Waals surface area contributed by atoms with Crippen LogP contribution in [0.15, 0.2) is 30.3 Å². The van der Waals surface area contributed by atoms with Crippen LogP contribution < -0.4 is 0 Å². The van der Waals surface area contributed by atoms with Gasteiger partial charge < -0.3 is 19.5 Å². The molecule has 22 heavy (non-hydrogen) atoms. The molecule has 1 fully saturated rings. The lowest BCUT2D eigenvalue weighted by Gasteiger charge is -2.37. The molecule has 6 heteroatoms. The first kappa shape index (κ1) is 16.3. The number of aliphatic carboxylic acids is 1. The Balaban J connectivity index is 1.85. The Morgan fingerprint density at radius 1 is 1.23 bits per heavy atom. The average molecular weight is 307 g/mol. The molecule has 1 N–H and O–H groups in total. The molecular weight excluding hydrogens is 286 g/mol. The van der Waals surface area contributed by atoms with Crippen molar-refractivity contribution >= 4 is 12.1 Å². The van der Waals surface area contributed by atoms with E-state index in [2.05, 4.69) is 0 Å². The predicted octanol–water partition coefficient (Wildman–Crippen LogP) is 2.28.